The van der Waals surface area contributed by atoms with E-state index in [4.69, 9.17) is 4.89 Å². The van der Waals surface area contributed by atoms with Gasteiger partial charge in [0, 0.05) is 6.42 Å². The van der Waals surface area contributed by atoms with Gasteiger partial charge in [-0.1, -0.05) is 35.4 Å². The molecule has 0 aliphatic carbocycles. The van der Waals surface area contributed by atoms with E-state index < -0.39 is 0 Å². The number of benzene rings is 1. The van der Waals surface area contributed by atoms with E-state index in [0.29, 0.717) is 6.61 Å². The Kier molecular flexibility index (Phi) is 2.36. The summed E-state index contributed by atoms with van der Waals surface area (Å²) in [6, 6.07) is 9.96. The molecule has 1 unspecified atom stereocenters. The monoisotopic (exact) mass is 166 g/mol. The molecule has 3 heteroatoms. The summed E-state index contributed by atoms with van der Waals surface area (Å²) in [7, 11) is 0. The lowest BCUT2D eigenvalue weighted by Gasteiger charge is -2.19. The van der Waals surface area contributed by atoms with Crippen LogP contribution in [-0.2, 0) is 14.8 Å². The Morgan fingerprint density at radius 2 is 2.00 bits per heavy atom. The van der Waals surface area contributed by atoms with Gasteiger partial charge in [-0.05, 0) is 5.56 Å². The third-order valence-electron chi connectivity index (χ3n) is 1.84. The molecule has 1 aromatic rings. The van der Waals surface area contributed by atoms with Crippen LogP contribution in [0.3, 0.4) is 0 Å². The van der Waals surface area contributed by atoms with Gasteiger partial charge >= 0.3 is 0 Å². The minimum atomic E-state index is 0.0138. The molecule has 1 fully saturated rings. The van der Waals surface area contributed by atoms with Crippen molar-refractivity contribution < 1.29 is 14.8 Å². The van der Waals surface area contributed by atoms with Crippen LogP contribution < -0.4 is 0 Å². The van der Waals surface area contributed by atoms with Gasteiger partial charge in [-0.25, -0.2) is 4.89 Å². The highest BCUT2D eigenvalue weighted by atomic mass is 17.5. The van der Waals surface area contributed by atoms with Crippen molar-refractivity contribution in [3.63, 3.8) is 0 Å². The average molecular weight is 166 g/mol. The van der Waals surface area contributed by atoms with Crippen LogP contribution in [0.2, 0.25) is 0 Å². The summed E-state index contributed by atoms with van der Waals surface area (Å²) in [6.07, 6.45) is 0.851. The maximum Gasteiger partial charge on any atom is 0.123 e. The van der Waals surface area contributed by atoms with Gasteiger partial charge in [-0.2, -0.15) is 4.89 Å². The van der Waals surface area contributed by atoms with E-state index in [1.54, 1.807) is 0 Å². The standard InChI is InChI=1S/C9H10O3/c1-2-4-8(5-3-1)9-6-7-10-12-11-9/h1-5,9H,6-7H2. The molecule has 12 heavy (non-hydrogen) atoms. The predicted octanol–water partition coefficient (Wildman–Crippen LogP) is 2.01. The summed E-state index contributed by atoms with van der Waals surface area (Å²) < 4.78 is 0. The normalized spacial score (nSPS) is 23.8. The zero-order valence-electron chi connectivity index (χ0n) is 6.60. The zero-order valence-corrected chi connectivity index (χ0v) is 6.60. The molecule has 1 aliphatic heterocycles. The first-order valence-corrected chi connectivity index (χ1v) is 3.97. The van der Waals surface area contributed by atoms with Crippen LogP contribution in [0.1, 0.15) is 18.1 Å². The molecular weight excluding hydrogens is 156 g/mol. The van der Waals surface area contributed by atoms with Crippen LogP contribution in [0.4, 0.5) is 0 Å². The lowest BCUT2D eigenvalue weighted by molar-refractivity contribution is -0.551. The third kappa shape index (κ3) is 1.64. The fraction of sp³-hybridized carbons (Fsp3) is 0.333. The van der Waals surface area contributed by atoms with Crippen molar-refractivity contribution in [3.05, 3.63) is 35.9 Å². The lowest BCUT2D eigenvalue weighted by atomic mass is 10.1. The molecule has 1 heterocycles. The molecular formula is C9H10O3. The highest BCUT2D eigenvalue weighted by Gasteiger charge is 2.17. The quantitative estimate of drug-likeness (QED) is 0.597. The van der Waals surface area contributed by atoms with Crippen molar-refractivity contribution in [2.24, 2.45) is 0 Å². The van der Waals surface area contributed by atoms with Crippen LogP contribution in [-0.4, -0.2) is 6.61 Å². The Balaban J connectivity index is 2.08. The summed E-state index contributed by atoms with van der Waals surface area (Å²) in [6.45, 7) is 0.583. The van der Waals surface area contributed by atoms with E-state index in [1.165, 1.54) is 0 Å². The van der Waals surface area contributed by atoms with E-state index in [9.17, 15) is 0 Å². The fourth-order valence-corrected chi connectivity index (χ4v) is 1.20. The average Bonchev–Trinajstić information content (AvgIpc) is 2.21. The van der Waals surface area contributed by atoms with Crippen LogP contribution in [0.25, 0.3) is 0 Å². The molecule has 1 aromatic carbocycles. The van der Waals surface area contributed by atoms with Crippen molar-refractivity contribution in [1.29, 1.82) is 0 Å². The van der Waals surface area contributed by atoms with Crippen molar-refractivity contribution in [2.75, 3.05) is 6.61 Å². The zero-order chi connectivity index (χ0) is 8.23. The van der Waals surface area contributed by atoms with E-state index in [0.717, 1.165) is 12.0 Å². The lowest BCUT2D eigenvalue weighted by Crippen LogP contribution is -2.14. The molecule has 0 N–H and O–H groups in total. The summed E-state index contributed by atoms with van der Waals surface area (Å²) in [4.78, 5) is 9.54. The highest BCUT2D eigenvalue weighted by Crippen LogP contribution is 2.24. The van der Waals surface area contributed by atoms with E-state index >= 15 is 0 Å². The molecule has 2 rings (SSSR count). The van der Waals surface area contributed by atoms with Crippen molar-refractivity contribution in [2.45, 2.75) is 12.5 Å². The van der Waals surface area contributed by atoms with Crippen molar-refractivity contribution in [3.8, 4) is 0 Å². The van der Waals surface area contributed by atoms with Gasteiger partial charge in [0.05, 0.1) is 6.61 Å². The molecule has 1 aliphatic rings. The maximum absolute atomic E-state index is 4.94. The van der Waals surface area contributed by atoms with Crippen LogP contribution in [0.15, 0.2) is 30.3 Å². The Bertz CT molecular complexity index is 229. The molecule has 0 aromatic heterocycles. The molecule has 1 saturated heterocycles. The number of hydrogen-bond acceptors (Lipinski definition) is 3. The molecule has 0 spiro atoms. The first kappa shape index (κ1) is 7.73. The molecule has 0 amide bonds. The first-order chi connectivity index (χ1) is 5.97. The second kappa shape index (κ2) is 3.67. The van der Waals surface area contributed by atoms with Crippen LogP contribution in [0, 0.1) is 0 Å². The van der Waals surface area contributed by atoms with Crippen LogP contribution in [0.5, 0.6) is 0 Å². The summed E-state index contributed by atoms with van der Waals surface area (Å²) in [5.41, 5.74) is 1.13. The first-order valence-electron chi connectivity index (χ1n) is 3.97. The Morgan fingerprint density at radius 3 is 2.67 bits per heavy atom. The van der Waals surface area contributed by atoms with E-state index in [-0.39, 0.29) is 6.10 Å². The van der Waals surface area contributed by atoms with Gasteiger partial charge in [0.1, 0.15) is 6.10 Å². The summed E-state index contributed by atoms with van der Waals surface area (Å²) in [5.74, 6) is 0. The molecule has 0 radical (unpaired) electrons. The molecule has 1 atom stereocenters. The smallest absolute Gasteiger partial charge is 0.123 e. The third-order valence-corrected chi connectivity index (χ3v) is 1.84. The summed E-state index contributed by atoms with van der Waals surface area (Å²) >= 11 is 0. The van der Waals surface area contributed by atoms with Gasteiger partial charge in [0.15, 0.2) is 0 Å². The number of rotatable bonds is 1. The highest BCUT2D eigenvalue weighted by molar-refractivity contribution is 5.17. The topological polar surface area (TPSA) is 27.7 Å². The van der Waals surface area contributed by atoms with Crippen LogP contribution >= 0.6 is 0 Å². The van der Waals surface area contributed by atoms with Gasteiger partial charge in [-0.3, -0.25) is 0 Å². The minimum absolute atomic E-state index is 0.0138. The van der Waals surface area contributed by atoms with Gasteiger partial charge in [-0.15, -0.1) is 0 Å². The van der Waals surface area contributed by atoms with Gasteiger partial charge < -0.3 is 0 Å². The molecule has 64 valence electrons. The van der Waals surface area contributed by atoms with E-state index in [1.807, 2.05) is 30.3 Å². The van der Waals surface area contributed by atoms with Crippen molar-refractivity contribution >= 4 is 0 Å². The van der Waals surface area contributed by atoms with Gasteiger partial charge in [0.2, 0.25) is 0 Å². The predicted molar refractivity (Wildman–Crippen MR) is 41.9 cm³/mol. The Morgan fingerprint density at radius 1 is 1.17 bits per heavy atom. The Hall–Kier alpha value is -0.900. The largest absolute Gasteiger partial charge is 0.206 e. The van der Waals surface area contributed by atoms with E-state index in [2.05, 4.69) is 9.93 Å². The summed E-state index contributed by atoms with van der Waals surface area (Å²) in [5, 5.41) is 4.44. The second-order valence-electron chi connectivity index (χ2n) is 2.67. The van der Waals surface area contributed by atoms with Gasteiger partial charge in [0.25, 0.3) is 0 Å². The fourth-order valence-electron chi connectivity index (χ4n) is 1.20. The molecule has 0 saturated carbocycles. The Labute approximate surface area is 70.7 Å². The SMILES string of the molecule is c1ccc(C2CCOOO2)cc1. The minimum Gasteiger partial charge on any atom is -0.206 e. The maximum atomic E-state index is 4.94. The van der Waals surface area contributed by atoms with Crippen molar-refractivity contribution in [1.82, 2.24) is 0 Å². The second-order valence-corrected chi connectivity index (χ2v) is 2.67. The molecule has 3 nitrogen and oxygen atoms in total. The number of hydrogen-bond donors (Lipinski definition) is 0. The molecule has 0 bridgehead atoms.